The normalized spacial score (nSPS) is 16.0. The third-order valence-electron chi connectivity index (χ3n) is 4.33. The highest BCUT2D eigenvalue weighted by atomic mass is 16.5. The summed E-state index contributed by atoms with van der Waals surface area (Å²) in [5.41, 5.74) is 2.88. The van der Waals surface area contributed by atoms with Gasteiger partial charge in [0, 0.05) is 33.1 Å². The fourth-order valence-electron chi connectivity index (χ4n) is 3.10. The van der Waals surface area contributed by atoms with Crippen molar-refractivity contribution in [2.24, 2.45) is 0 Å². The smallest absolute Gasteiger partial charge is 0.223 e. The third kappa shape index (κ3) is 2.94. The van der Waals surface area contributed by atoms with Gasteiger partial charge in [0.1, 0.15) is 0 Å². The van der Waals surface area contributed by atoms with E-state index in [4.69, 9.17) is 14.5 Å². The summed E-state index contributed by atoms with van der Waals surface area (Å²) in [6.07, 6.45) is 0. The molecule has 124 valence electrons. The number of anilines is 1. The summed E-state index contributed by atoms with van der Waals surface area (Å²) in [4.78, 5) is 18.4. The van der Waals surface area contributed by atoms with Crippen LogP contribution in [0.4, 0.5) is 5.82 Å². The molecule has 7 nitrogen and oxygen atoms in total. The Kier molecular flexibility index (Phi) is 3.86. The Morgan fingerprint density at radius 3 is 2.33 bits per heavy atom. The molecule has 0 unspecified atom stereocenters. The predicted octanol–water partition coefficient (Wildman–Crippen LogP) is 1.95. The van der Waals surface area contributed by atoms with Crippen molar-refractivity contribution < 1.29 is 4.52 Å². The fraction of sp³-hybridized carbons (Fsp3) is 0.412. The summed E-state index contributed by atoms with van der Waals surface area (Å²) in [6, 6.07) is 8.01. The first-order valence-corrected chi connectivity index (χ1v) is 8.19. The first-order valence-electron chi connectivity index (χ1n) is 8.19. The predicted molar refractivity (Wildman–Crippen MR) is 90.8 cm³/mol. The summed E-state index contributed by atoms with van der Waals surface area (Å²) in [5.74, 6) is 2.36. The van der Waals surface area contributed by atoms with Gasteiger partial charge in [-0.3, -0.25) is 4.90 Å². The van der Waals surface area contributed by atoms with Gasteiger partial charge in [-0.1, -0.05) is 17.3 Å². The second kappa shape index (κ2) is 6.16. The Hall–Kier alpha value is -2.54. The Balaban J connectivity index is 1.46. The lowest BCUT2D eigenvalue weighted by atomic mass is 10.2. The zero-order valence-corrected chi connectivity index (χ0v) is 13.9. The van der Waals surface area contributed by atoms with Crippen molar-refractivity contribution in [3.63, 3.8) is 0 Å². The van der Waals surface area contributed by atoms with E-state index in [1.54, 1.807) is 0 Å². The average Bonchev–Trinajstić information content (AvgIpc) is 3.00. The maximum atomic E-state index is 5.04. The average molecular weight is 324 g/mol. The van der Waals surface area contributed by atoms with Crippen molar-refractivity contribution in [1.82, 2.24) is 25.0 Å². The molecule has 1 aliphatic heterocycles. The number of benzene rings is 1. The molecule has 0 radical (unpaired) electrons. The van der Waals surface area contributed by atoms with Crippen LogP contribution in [-0.4, -0.2) is 51.2 Å². The SMILES string of the molecule is Cc1nc(CN2CCN(c3nc4ccccc4nc3C)CC2)no1. The van der Waals surface area contributed by atoms with Gasteiger partial charge in [0.15, 0.2) is 11.6 Å². The maximum Gasteiger partial charge on any atom is 0.223 e. The van der Waals surface area contributed by atoms with Crippen LogP contribution >= 0.6 is 0 Å². The van der Waals surface area contributed by atoms with Crippen molar-refractivity contribution in [3.05, 3.63) is 41.7 Å². The van der Waals surface area contributed by atoms with Crippen LogP contribution in [-0.2, 0) is 6.54 Å². The lowest BCUT2D eigenvalue weighted by Gasteiger charge is -2.35. The Morgan fingerprint density at radius 2 is 1.67 bits per heavy atom. The van der Waals surface area contributed by atoms with Gasteiger partial charge in [0.2, 0.25) is 5.89 Å². The molecule has 1 fully saturated rings. The number of para-hydroxylation sites is 2. The second-order valence-corrected chi connectivity index (χ2v) is 6.11. The quantitative estimate of drug-likeness (QED) is 0.729. The molecule has 0 amide bonds. The summed E-state index contributed by atoms with van der Waals surface area (Å²) in [7, 11) is 0. The first-order chi connectivity index (χ1) is 11.7. The van der Waals surface area contributed by atoms with Crippen LogP contribution in [0.3, 0.4) is 0 Å². The number of hydrogen-bond acceptors (Lipinski definition) is 7. The van der Waals surface area contributed by atoms with E-state index in [0.717, 1.165) is 61.1 Å². The van der Waals surface area contributed by atoms with E-state index in [0.29, 0.717) is 5.89 Å². The van der Waals surface area contributed by atoms with Crippen molar-refractivity contribution in [2.45, 2.75) is 20.4 Å². The fourth-order valence-corrected chi connectivity index (χ4v) is 3.10. The Bertz CT molecular complexity index is 853. The molecule has 3 heterocycles. The minimum atomic E-state index is 0.616. The van der Waals surface area contributed by atoms with Gasteiger partial charge in [-0.25, -0.2) is 9.97 Å². The molecule has 24 heavy (non-hydrogen) atoms. The van der Waals surface area contributed by atoms with Gasteiger partial charge < -0.3 is 9.42 Å². The molecule has 2 aromatic heterocycles. The van der Waals surface area contributed by atoms with Crippen LogP contribution in [0.5, 0.6) is 0 Å². The van der Waals surface area contributed by atoms with Gasteiger partial charge in [-0.05, 0) is 19.1 Å². The summed E-state index contributed by atoms with van der Waals surface area (Å²) in [5, 5.41) is 3.97. The van der Waals surface area contributed by atoms with Crippen molar-refractivity contribution in [1.29, 1.82) is 0 Å². The van der Waals surface area contributed by atoms with E-state index in [2.05, 4.69) is 19.9 Å². The Labute approximate surface area is 140 Å². The van der Waals surface area contributed by atoms with E-state index in [1.165, 1.54) is 0 Å². The summed E-state index contributed by atoms with van der Waals surface area (Å²) >= 11 is 0. The van der Waals surface area contributed by atoms with E-state index in [-0.39, 0.29) is 0 Å². The van der Waals surface area contributed by atoms with Gasteiger partial charge in [-0.15, -0.1) is 0 Å². The van der Waals surface area contributed by atoms with E-state index in [9.17, 15) is 0 Å². The summed E-state index contributed by atoms with van der Waals surface area (Å²) in [6.45, 7) is 8.31. The summed E-state index contributed by atoms with van der Waals surface area (Å²) < 4.78 is 5.04. The second-order valence-electron chi connectivity index (χ2n) is 6.11. The molecule has 7 heteroatoms. The minimum absolute atomic E-state index is 0.616. The van der Waals surface area contributed by atoms with E-state index in [1.807, 2.05) is 38.1 Å². The van der Waals surface area contributed by atoms with Crippen molar-refractivity contribution >= 4 is 16.9 Å². The van der Waals surface area contributed by atoms with Crippen molar-refractivity contribution in [2.75, 3.05) is 31.1 Å². The molecule has 0 atom stereocenters. The van der Waals surface area contributed by atoms with Crippen LogP contribution in [0.1, 0.15) is 17.4 Å². The highest BCUT2D eigenvalue weighted by Gasteiger charge is 2.21. The first kappa shape index (κ1) is 15.0. The molecule has 0 saturated carbocycles. The van der Waals surface area contributed by atoms with Gasteiger partial charge in [0.05, 0.1) is 23.3 Å². The van der Waals surface area contributed by atoms with E-state index < -0.39 is 0 Å². The third-order valence-corrected chi connectivity index (χ3v) is 4.33. The topological polar surface area (TPSA) is 71.2 Å². The van der Waals surface area contributed by atoms with Gasteiger partial charge >= 0.3 is 0 Å². The monoisotopic (exact) mass is 324 g/mol. The number of nitrogens with zero attached hydrogens (tertiary/aromatic N) is 6. The largest absolute Gasteiger partial charge is 0.353 e. The van der Waals surface area contributed by atoms with Gasteiger partial charge in [0.25, 0.3) is 0 Å². The molecule has 1 aromatic carbocycles. The lowest BCUT2D eigenvalue weighted by Crippen LogP contribution is -2.46. The molecule has 0 spiro atoms. The molecule has 0 bridgehead atoms. The molecular weight excluding hydrogens is 304 g/mol. The number of piperazine rings is 1. The molecule has 1 saturated heterocycles. The van der Waals surface area contributed by atoms with Crippen LogP contribution in [0.25, 0.3) is 11.0 Å². The van der Waals surface area contributed by atoms with Crippen LogP contribution in [0.15, 0.2) is 28.8 Å². The Morgan fingerprint density at radius 1 is 0.958 bits per heavy atom. The number of aryl methyl sites for hydroxylation is 2. The van der Waals surface area contributed by atoms with Crippen LogP contribution in [0, 0.1) is 13.8 Å². The van der Waals surface area contributed by atoms with Gasteiger partial charge in [-0.2, -0.15) is 4.98 Å². The highest BCUT2D eigenvalue weighted by Crippen LogP contribution is 2.21. The zero-order chi connectivity index (χ0) is 16.5. The zero-order valence-electron chi connectivity index (χ0n) is 13.9. The standard InChI is InChI=1S/C17H20N6O/c1-12-17(20-15-6-4-3-5-14(15)18-12)23-9-7-22(8-10-23)11-16-19-13(2)24-21-16/h3-6H,7-11H2,1-2H3. The molecule has 4 rings (SSSR count). The highest BCUT2D eigenvalue weighted by molar-refractivity contribution is 5.76. The minimum Gasteiger partial charge on any atom is -0.353 e. The van der Waals surface area contributed by atoms with E-state index >= 15 is 0 Å². The van der Waals surface area contributed by atoms with Crippen molar-refractivity contribution in [3.8, 4) is 0 Å². The molecule has 0 aliphatic carbocycles. The van der Waals surface area contributed by atoms with Crippen LogP contribution < -0.4 is 4.90 Å². The molecule has 1 aliphatic rings. The molecule has 3 aromatic rings. The van der Waals surface area contributed by atoms with Crippen LogP contribution in [0.2, 0.25) is 0 Å². The number of rotatable bonds is 3. The lowest BCUT2D eigenvalue weighted by molar-refractivity contribution is 0.239. The number of aromatic nitrogens is 4. The molecular formula is C17H20N6O. The maximum absolute atomic E-state index is 5.04. The number of fused-ring (bicyclic) bond motifs is 1. The molecule has 0 N–H and O–H groups in total. The number of hydrogen-bond donors (Lipinski definition) is 0.